The number of hydrogen-bond acceptors (Lipinski definition) is 3. The first-order valence-corrected chi connectivity index (χ1v) is 6.16. The molecule has 0 aromatic carbocycles. The first-order valence-electron chi connectivity index (χ1n) is 4.54. The van der Waals surface area contributed by atoms with Gasteiger partial charge in [-0.1, -0.05) is 0 Å². The summed E-state index contributed by atoms with van der Waals surface area (Å²) in [4.78, 5) is 13.0. The van der Waals surface area contributed by atoms with E-state index in [0.717, 1.165) is 0 Å². The van der Waals surface area contributed by atoms with Crippen molar-refractivity contribution >= 4 is 16.7 Å². The summed E-state index contributed by atoms with van der Waals surface area (Å²) in [6, 6.07) is 2.09. The predicted molar refractivity (Wildman–Crippen MR) is 53.8 cm³/mol. The Hall–Kier alpha value is -0.890. The number of rotatable bonds is 3. The highest BCUT2D eigenvalue weighted by Gasteiger charge is 2.30. The number of nitriles is 1. The van der Waals surface area contributed by atoms with Crippen LogP contribution >= 0.6 is 0 Å². The summed E-state index contributed by atoms with van der Waals surface area (Å²) in [5.74, 6) is -0.172. The second-order valence-electron chi connectivity index (χ2n) is 3.64. The lowest BCUT2D eigenvalue weighted by Crippen LogP contribution is -2.34. The van der Waals surface area contributed by atoms with Crippen LogP contribution in [0.15, 0.2) is 0 Å². The van der Waals surface area contributed by atoms with E-state index in [4.69, 9.17) is 5.26 Å². The Bertz CT molecular complexity index is 298. The van der Waals surface area contributed by atoms with Crippen LogP contribution in [-0.4, -0.2) is 39.6 Å². The molecule has 4 nitrogen and oxygen atoms in total. The van der Waals surface area contributed by atoms with Crippen molar-refractivity contribution in [3.8, 4) is 6.07 Å². The van der Waals surface area contributed by atoms with Crippen molar-refractivity contribution in [1.82, 2.24) is 4.90 Å². The molecule has 5 heteroatoms. The number of nitrogens with zero attached hydrogens (tertiary/aromatic N) is 2. The van der Waals surface area contributed by atoms with Crippen molar-refractivity contribution in [3.63, 3.8) is 0 Å². The summed E-state index contributed by atoms with van der Waals surface area (Å²) < 4.78 is 11.1. The third-order valence-corrected chi connectivity index (χ3v) is 3.72. The summed E-state index contributed by atoms with van der Waals surface area (Å²) in [5.41, 5.74) is 0. The molecule has 0 aromatic heterocycles. The van der Waals surface area contributed by atoms with Crippen LogP contribution in [-0.2, 0) is 15.6 Å². The van der Waals surface area contributed by atoms with E-state index < -0.39 is 10.8 Å². The largest absolute Gasteiger partial charge is 0.340 e. The van der Waals surface area contributed by atoms with Crippen molar-refractivity contribution < 1.29 is 9.00 Å². The van der Waals surface area contributed by atoms with Crippen LogP contribution in [0.4, 0.5) is 0 Å². The van der Waals surface area contributed by atoms with Crippen molar-refractivity contribution in [2.24, 2.45) is 5.92 Å². The molecule has 0 aromatic rings. The van der Waals surface area contributed by atoms with Crippen LogP contribution in [0.1, 0.15) is 13.3 Å². The van der Waals surface area contributed by atoms with E-state index in [1.54, 1.807) is 11.2 Å². The lowest BCUT2D eigenvalue weighted by atomic mass is 10.1. The number of carbonyl (C=O) groups excluding carboxylic acids is 1. The van der Waals surface area contributed by atoms with Crippen LogP contribution in [0.3, 0.4) is 0 Å². The van der Waals surface area contributed by atoms with Gasteiger partial charge in [-0.3, -0.25) is 9.00 Å². The number of likely N-dealkylation sites (tertiary alicyclic amines) is 1. The normalized spacial score (nSPS) is 25.9. The zero-order valence-electron chi connectivity index (χ0n) is 8.40. The maximum Gasteiger partial charge on any atom is 0.224 e. The Labute approximate surface area is 86.3 Å². The number of carbonyl (C=O) groups is 1. The van der Waals surface area contributed by atoms with Crippen molar-refractivity contribution in [2.75, 3.05) is 19.3 Å². The molecular formula is C9H14N2O2S. The smallest absolute Gasteiger partial charge is 0.224 e. The van der Waals surface area contributed by atoms with Crippen LogP contribution < -0.4 is 0 Å². The maximum atomic E-state index is 11.4. The second kappa shape index (κ2) is 4.56. The van der Waals surface area contributed by atoms with Gasteiger partial charge in [0.15, 0.2) is 0 Å². The molecule has 1 aliphatic heterocycles. The molecule has 14 heavy (non-hydrogen) atoms. The van der Waals surface area contributed by atoms with E-state index in [0.29, 0.717) is 19.5 Å². The highest BCUT2D eigenvalue weighted by molar-refractivity contribution is 7.84. The van der Waals surface area contributed by atoms with E-state index in [2.05, 4.69) is 6.07 Å². The summed E-state index contributed by atoms with van der Waals surface area (Å²) in [7, 11) is -0.911. The zero-order chi connectivity index (χ0) is 10.7. The molecule has 0 saturated carbocycles. The average molecular weight is 214 g/mol. The van der Waals surface area contributed by atoms with Crippen LogP contribution in [0.5, 0.6) is 0 Å². The highest BCUT2D eigenvalue weighted by Crippen LogP contribution is 2.17. The topological polar surface area (TPSA) is 61.2 Å². The number of amides is 1. The lowest BCUT2D eigenvalue weighted by molar-refractivity contribution is -0.127. The molecule has 0 N–H and O–H groups in total. The van der Waals surface area contributed by atoms with Gasteiger partial charge in [-0.2, -0.15) is 5.26 Å². The molecule has 3 atom stereocenters. The van der Waals surface area contributed by atoms with Gasteiger partial charge in [0.1, 0.15) is 0 Å². The van der Waals surface area contributed by atoms with E-state index in [-0.39, 0.29) is 17.1 Å². The molecule has 78 valence electrons. The van der Waals surface area contributed by atoms with E-state index in [1.165, 1.54) is 0 Å². The molecule has 3 unspecified atom stereocenters. The van der Waals surface area contributed by atoms with Crippen molar-refractivity contribution in [2.45, 2.75) is 18.6 Å². The third kappa shape index (κ3) is 2.55. The quantitative estimate of drug-likeness (QED) is 0.670. The van der Waals surface area contributed by atoms with E-state index >= 15 is 0 Å². The van der Waals surface area contributed by atoms with E-state index in [9.17, 15) is 9.00 Å². The Morgan fingerprint density at radius 3 is 2.86 bits per heavy atom. The van der Waals surface area contributed by atoms with Gasteiger partial charge in [0, 0.05) is 41.8 Å². The van der Waals surface area contributed by atoms with Gasteiger partial charge in [-0.25, -0.2) is 0 Å². The number of hydrogen-bond donors (Lipinski definition) is 0. The van der Waals surface area contributed by atoms with Gasteiger partial charge in [-0.05, 0) is 6.92 Å². The van der Waals surface area contributed by atoms with Crippen molar-refractivity contribution in [3.05, 3.63) is 0 Å². The molecule has 0 radical (unpaired) electrons. The van der Waals surface area contributed by atoms with Gasteiger partial charge < -0.3 is 4.90 Å². The molecule has 0 bridgehead atoms. The van der Waals surface area contributed by atoms with E-state index in [1.807, 2.05) is 6.92 Å². The summed E-state index contributed by atoms with van der Waals surface area (Å²) in [6.45, 7) is 2.85. The summed E-state index contributed by atoms with van der Waals surface area (Å²) >= 11 is 0. The van der Waals surface area contributed by atoms with Crippen LogP contribution in [0.25, 0.3) is 0 Å². The van der Waals surface area contributed by atoms with Gasteiger partial charge in [0.2, 0.25) is 5.91 Å². The Morgan fingerprint density at radius 2 is 2.43 bits per heavy atom. The monoisotopic (exact) mass is 214 g/mol. The minimum Gasteiger partial charge on any atom is -0.340 e. The molecule has 1 rings (SSSR count). The molecule has 1 heterocycles. The van der Waals surface area contributed by atoms with Crippen LogP contribution in [0.2, 0.25) is 0 Å². The minimum atomic E-state index is -0.911. The maximum absolute atomic E-state index is 11.4. The van der Waals surface area contributed by atoms with Gasteiger partial charge in [0.05, 0.1) is 12.0 Å². The fourth-order valence-corrected chi connectivity index (χ4v) is 1.84. The first kappa shape index (κ1) is 11.2. The van der Waals surface area contributed by atoms with Crippen LogP contribution in [0, 0.1) is 17.2 Å². The second-order valence-corrected chi connectivity index (χ2v) is 5.44. The summed E-state index contributed by atoms with van der Waals surface area (Å²) in [5, 5.41) is 8.64. The SMILES string of the molecule is CC(CN1CC(C#N)CC1=O)S(C)=O. The van der Waals surface area contributed by atoms with Gasteiger partial charge in [-0.15, -0.1) is 0 Å². The molecule has 1 aliphatic rings. The fraction of sp³-hybridized carbons (Fsp3) is 0.778. The third-order valence-electron chi connectivity index (χ3n) is 2.44. The van der Waals surface area contributed by atoms with Gasteiger partial charge in [0.25, 0.3) is 0 Å². The Kier molecular flexibility index (Phi) is 3.64. The molecule has 0 spiro atoms. The predicted octanol–water partition coefficient (Wildman–Crippen LogP) is 0.125. The average Bonchev–Trinajstić information content (AvgIpc) is 2.47. The zero-order valence-corrected chi connectivity index (χ0v) is 9.21. The molecule has 1 fully saturated rings. The highest BCUT2D eigenvalue weighted by atomic mass is 32.2. The minimum absolute atomic E-state index is 0.00819. The molecule has 1 saturated heterocycles. The molecular weight excluding hydrogens is 200 g/mol. The molecule has 1 amide bonds. The van der Waals surface area contributed by atoms with Gasteiger partial charge >= 0.3 is 0 Å². The lowest BCUT2D eigenvalue weighted by Gasteiger charge is -2.19. The Morgan fingerprint density at radius 1 is 1.79 bits per heavy atom. The summed E-state index contributed by atoms with van der Waals surface area (Å²) in [6.07, 6.45) is 1.95. The van der Waals surface area contributed by atoms with Crippen molar-refractivity contribution in [1.29, 1.82) is 5.26 Å². The fourth-order valence-electron chi connectivity index (χ4n) is 1.45. The molecule has 0 aliphatic carbocycles. The standard InChI is InChI=1S/C9H14N2O2S/c1-7(14(2)13)5-11-6-8(4-10)3-9(11)12/h7-8H,3,5-6H2,1-2H3. The first-order chi connectivity index (χ1) is 6.54. The Balaban J connectivity index is 2.51.